The molecule has 0 fully saturated rings. The maximum absolute atomic E-state index is 5.65. The SMILES string of the molecule is CC(C)(CCN)c1ccc2cccnc2c1. The molecule has 0 aliphatic heterocycles. The first-order valence-corrected chi connectivity index (χ1v) is 5.69. The number of benzene rings is 1. The van der Waals surface area contributed by atoms with E-state index in [-0.39, 0.29) is 5.41 Å². The third-order valence-electron chi connectivity index (χ3n) is 3.16. The molecule has 0 atom stereocenters. The standard InChI is InChI=1S/C14H18N2/c1-14(2,7-8-15)12-6-5-11-4-3-9-16-13(11)10-12/h3-6,9-10H,7-8,15H2,1-2H3. The van der Waals surface area contributed by atoms with Crippen molar-refractivity contribution in [1.82, 2.24) is 4.98 Å². The third-order valence-corrected chi connectivity index (χ3v) is 3.16. The maximum atomic E-state index is 5.65. The van der Waals surface area contributed by atoms with Gasteiger partial charge in [0.2, 0.25) is 0 Å². The summed E-state index contributed by atoms with van der Waals surface area (Å²) < 4.78 is 0. The first kappa shape index (κ1) is 11.1. The Morgan fingerprint density at radius 3 is 2.81 bits per heavy atom. The lowest BCUT2D eigenvalue weighted by molar-refractivity contribution is 0.488. The molecule has 16 heavy (non-hydrogen) atoms. The number of nitrogens with zero attached hydrogens (tertiary/aromatic N) is 1. The van der Waals surface area contributed by atoms with Crippen molar-refractivity contribution in [3.8, 4) is 0 Å². The fourth-order valence-electron chi connectivity index (χ4n) is 1.99. The molecule has 0 aliphatic carbocycles. The molecule has 0 saturated heterocycles. The summed E-state index contributed by atoms with van der Waals surface area (Å²) in [6.07, 6.45) is 2.83. The topological polar surface area (TPSA) is 38.9 Å². The van der Waals surface area contributed by atoms with E-state index in [2.05, 4.69) is 43.1 Å². The summed E-state index contributed by atoms with van der Waals surface area (Å²) in [5.74, 6) is 0. The Morgan fingerprint density at radius 2 is 2.06 bits per heavy atom. The fraction of sp³-hybridized carbons (Fsp3) is 0.357. The summed E-state index contributed by atoms with van der Waals surface area (Å²) in [6, 6.07) is 10.5. The van der Waals surface area contributed by atoms with E-state index in [0.717, 1.165) is 11.9 Å². The van der Waals surface area contributed by atoms with Gasteiger partial charge in [-0.05, 0) is 36.1 Å². The Hall–Kier alpha value is -1.41. The Labute approximate surface area is 96.5 Å². The van der Waals surface area contributed by atoms with Crippen molar-refractivity contribution in [2.24, 2.45) is 5.73 Å². The second-order valence-corrected chi connectivity index (χ2v) is 4.83. The van der Waals surface area contributed by atoms with E-state index in [1.165, 1.54) is 10.9 Å². The third kappa shape index (κ3) is 2.07. The normalized spacial score (nSPS) is 11.9. The van der Waals surface area contributed by atoms with Gasteiger partial charge in [0, 0.05) is 11.6 Å². The van der Waals surface area contributed by atoms with Gasteiger partial charge in [-0.25, -0.2) is 0 Å². The summed E-state index contributed by atoms with van der Waals surface area (Å²) in [6.45, 7) is 5.17. The molecule has 2 N–H and O–H groups in total. The van der Waals surface area contributed by atoms with Gasteiger partial charge in [0.15, 0.2) is 0 Å². The molecule has 0 radical (unpaired) electrons. The number of pyridine rings is 1. The van der Waals surface area contributed by atoms with E-state index in [1.54, 1.807) is 0 Å². The molecule has 1 aromatic heterocycles. The van der Waals surface area contributed by atoms with E-state index >= 15 is 0 Å². The van der Waals surface area contributed by atoms with Crippen LogP contribution in [0.5, 0.6) is 0 Å². The molecule has 0 aliphatic rings. The lowest BCUT2D eigenvalue weighted by atomic mass is 9.81. The smallest absolute Gasteiger partial charge is 0.0704 e. The van der Waals surface area contributed by atoms with Crippen molar-refractivity contribution in [2.45, 2.75) is 25.7 Å². The van der Waals surface area contributed by atoms with Crippen LogP contribution >= 0.6 is 0 Å². The highest BCUT2D eigenvalue weighted by Crippen LogP contribution is 2.28. The van der Waals surface area contributed by atoms with Crippen molar-refractivity contribution in [1.29, 1.82) is 0 Å². The Balaban J connectivity index is 2.46. The van der Waals surface area contributed by atoms with Crippen LogP contribution in [-0.4, -0.2) is 11.5 Å². The number of nitrogens with two attached hydrogens (primary N) is 1. The molecule has 0 amide bonds. The molecule has 1 aromatic carbocycles. The summed E-state index contributed by atoms with van der Waals surface area (Å²) in [5.41, 5.74) is 8.14. The Kier molecular flexibility index (Phi) is 2.92. The second-order valence-electron chi connectivity index (χ2n) is 4.83. The van der Waals surface area contributed by atoms with Crippen LogP contribution in [-0.2, 0) is 5.41 Å². The minimum atomic E-state index is 0.125. The van der Waals surface area contributed by atoms with E-state index in [4.69, 9.17) is 5.73 Å². The predicted molar refractivity (Wildman–Crippen MR) is 68.4 cm³/mol. The average Bonchev–Trinajstić information content (AvgIpc) is 2.28. The van der Waals surface area contributed by atoms with Gasteiger partial charge in [-0.1, -0.05) is 32.0 Å². The van der Waals surface area contributed by atoms with Crippen LogP contribution in [0.25, 0.3) is 10.9 Å². The zero-order valence-electron chi connectivity index (χ0n) is 9.90. The monoisotopic (exact) mass is 214 g/mol. The summed E-state index contributed by atoms with van der Waals surface area (Å²) in [7, 11) is 0. The van der Waals surface area contributed by atoms with Crippen LogP contribution in [0.15, 0.2) is 36.5 Å². The van der Waals surface area contributed by atoms with Crippen molar-refractivity contribution >= 4 is 10.9 Å². The maximum Gasteiger partial charge on any atom is 0.0704 e. The lowest BCUT2D eigenvalue weighted by Gasteiger charge is -2.24. The molecule has 1 heterocycles. The molecule has 2 aromatic rings. The van der Waals surface area contributed by atoms with Gasteiger partial charge < -0.3 is 5.73 Å². The summed E-state index contributed by atoms with van der Waals surface area (Å²) in [5, 5.41) is 1.19. The fourth-order valence-corrected chi connectivity index (χ4v) is 1.99. The zero-order valence-corrected chi connectivity index (χ0v) is 9.90. The Morgan fingerprint density at radius 1 is 1.25 bits per heavy atom. The van der Waals surface area contributed by atoms with Crippen LogP contribution in [0, 0.1) is 0 Å². The van der Waals surface area contributed by atoms with Crippen LogP contribution in [0.2, 0.25) is 0 Å². The first-order valence-electron chi connectivity index (χ1n) is 5.69. The molecular formula is C14H18N2. The predicted octanol–water partition coefficient (Wildman–Crippen LogP) is 2.86. The van der Waals surface area contributed by atoms with Crippen LogP contribution in [0.3, 0.4) is 0 Å². The molecule has 2 nitrogen and oxygen atoms in total. The number of hydrogen-bond acceptors (Lipinski definition) is 2. The van der Waals surface area contributed by atoms with E-state index in [0.29, 0.717) is 6.54 Å². The van der Waals surface area contributed by atoms with Crippen LogP contribution in [0.1, 0.15) is 25.8 Å². The van der Waals surface area contributed by atoms with Crippen molar-refractivity contribution in [3.63, 3.8) is 0 Å². The molecule has 0 saturated carbocycles. The lowest BCUT2D eigenvalue weighted by Crippen LogP contribution is -2.21. The van der Waals surface area contributed by atoms with E-state index in [9.17, 15) is 0 Å². The molecular weight excluding hydrogens is 196 g/mol. The van der Waals surface area contributed by atoms with Gasteiger partial charge in [-0.15, -0.1) is 0 Å². The van der Waals surface area contributed by atoms with Crippen molar-refractivity contribution in [2.75, 3.05) is 6.54 Å². The van der Waals surface area contributed by atoms with Crippen molar-refractivity contribution in [3.05, 3.63) is 42.1 Å². The molecule has 2 heteroatoms. The zero-order chi connectivity index (χ0) is 11.6. The number of hydrogen-bond donors (Lipinski definition) is 1. The number of fused-ring (bicyclic) bond motifs is 1. The summed E-state index contributed by atoms with van der Waals surface area (Å²) in [4.78, 5) is 4.38. The molecule has 84 valence electrons. The van der Waals surface area contributed by atoms with E-state index in [1.807, 2.05) is 12.3 Å². The Bertz CT molecular complexity index is 489. The van der Waals surface area contributed by atoms with Crippen LogP contribution < -0.4 is 5.73 Å². The average molecular weight is 214 g/mol. The molecule has 2 rings (SSSR count). The second kappa shape index (κ2) is 4.22. The summed E-state index contributed by atoms with van der Waals surface area (Å²) >= 11 is 0. The van der Waals surface area contributed by atoms with Crippen LogP contribution in [0.4, 0.5) is 0 Å². The van der Waals surface area contributed by atoms with Gasteiger partial charge in [-0.2, -0.15) is 0 Å². The quantitative estimate of drug-likeness (QED) is 0.853. The van der Waals surface area contributed by atoms with Crippen molar-refractivity contribution < 1.29 is 0 Å². The van der Waals surface area contributed by atoms with Gasteiger partial charge in [-0.3, -0.25) is 4.98 Å². The highest BCUT2D eigenvalue weighted by atomic mass is 14.6. The molecule has 0 bridgehead atoms. The minimum absolute atomic E-state index is 0.125. The molecule has 0 unspecified atom stereocenters. The first-order chi connectivity index (χ1) is 7.63. The highest BCUT2D eigenvalue weighted by Gasteiger charge is 2.19. The number of rotatable bonds is 3. The van der Waals surface area contributed by atoms with Gasteiger partial charge >= 0.3 is 0 Å². The largest absolute Gasteiger partial charge is 0.330 e. The van der Waals surface area contributed by atoms with Gasteiger partial charge in [0.05, 0.1) is 5.52 Å². The number of aromatic nitrogens is 1. The van der Waals surface area contributed by atoms with Gasteiger partial charge in [0.25, 0.3) is 0 Å². The van der Waals surface area contributed by atoms with E-state index < -0.39 is 0 Å². The molecule has 0 spiro atoms. The van der Waals surface area contributed by atoms with Gasteiger partial charge in [0.1, 0.15) is 0 Å². The highest BCUT2D eigenvalue weighted by molar-refractivity contribution is 5.79. The minimum Gasteiger partial charge on any atom is -0.330 e.